The summed E-state index contributed by atoms with van der Waals surface area (Å²) in [6, 6.07) is 7.35. The van der Waals surface area contributed by atoms with Crippen LogP contribution in [-0.2, 0) is 19.1 Å². The van der Waals surface area contributed by atoms with Gasteiger partial charge in [0.1, 0.15) is 17.4 Å². The number of fused-ring (bicyclic) bond motifs is 1. The smallest absolute Gasteiger partial charge is 0.246 e. The number of halogens is 1. The van der Waals surface area contributed by atoms with Crippen LogP contribution in [0.3, 0.4) is 0 Å². The molecule has 2 fully saturated rings. The zero-order valence-electron chi connectivity index (χ0n) is 20.1. The summed E-state index contributed by atoms with van der Waals surface area (Å²) in [6.07, 6.45) is 3.52. The van der Waals surface area contributed by atoms with Crippen molar-refractivity contribution in [1.29, 1.82) is 0 Å². The quantitative estimate of drug-likeness (QED) is 0.625. The Bertz CT molecular complexity index is 1270. The van der Waals surface area contributed by atoms with E-state index < -0.39 is 52.3 Å². The average Bonchev–Trinajstić information content (AvgIpc) is 3.44. The van der Waals surface area contributed by atoms with E-state index in [4.69, 9.17) is 20.9 Å². The van der Waals surface area contributed by atoms with E-state index in [1.165, 1.54) is 4.90 Å². The van der Waals surface area contributed by atoms with Gasteiger partial charge in [0.05, 0.1) is 28.1 Å². The molecule has 5 atom stereocenters. The number of ether oxygens (including phenoxy) is 1. The lowest BCUT2D eigenvalue weighted by molar-refractivity contribution is -0.131. The highest BCUT2D eigenvalue weighted by Crippen LogP contribution is 2.60. The zero-order chi connectivity index (χ0) is 25.3. The Kier molecular flexibility index (Phi) is 5.16. The fourth-order valence-electron chi connectivity index (χ4n) is 5.51. The predicted molar refractivity (Wildman–Crippen MR) is 129 cm³/mol. The molecule has 35 heavy (non-hydrogen) atoms. The van der Waals surface area contributed by atoms with Crippen molar-refractivity contribution in [2.45, 2.75) is 57.4 Å². The Morgan fingerprint density at radius 2 is 1.89 bits per heavy atom. The second kappa shape index (κ2) is 7.66. The Morgan fingerprint density at radius 3 is 2.51 bits per heavy atom. The SMILES string of the molecule is Cc1cc(NC(=O)[C@H]2[C@H]3C(=O)N(c4ccccc4Cl)[C@H](C(=O)NC(C)(C)C)[C@@]34C=C[C@]2(C)O4)no1. The molecule has 2 N–H and O–H groups in total. The van der Waals surface area contributed by atoms with Crippen LogP contribution in [0.4, 0.5) is 11.5 Å². The molecule has 3 aliphatic rings. The molecule has 2 saturated heterocycles. The second-order valence-corrected chi connectivity index (χ2v) is 10.9. The first-order chi connectivity index (χ1) is 16.4. The lowest BCUT2D eigenvalue weighted by Crippen LogP contribution is -2.58. The number of aromatic nitrogens is 1. The maximum absolute atomic E-state index is 14.1. The number of hydrogen-bond donors (Lipinski definition) is 2. The number of aryl methyl sites for hydroxylation is 1. The molecule has 2 bridgehead atoms. The van der Waals surface area contributed by atoms with Crippen molar-refractivity contribution in [3.63, 3.8) is 0 Å². The van der Waals surface area contributed by atoms with Crippen molar-refractivity contribution >= 4 is 40.8 Å². The molecule has 1 spiro atoms. The minimum Gasteiger partial charge on any atom is -0.360 e. The van der Waals surface area contributed by atoms with E-state index in [1.54, 1.807) is 56.3 Å². The van der Waals surface area contributed by atoms with E-state index >= 15 is 0 Å². The van der Waals surface area contributed by atoms with Gasteiger partial charge in [-0.1, -0.05) is 41.0 Å². The van der Waals surface area contributed by atoms with Crippen LogP contribution in [0.2, 0.25) is 5.02 Å². The summed E-state index contributed by atoms with van der Waals surface area (Å²) >= 11 is 6.48. The molecular weight excluding hydrogens is 472 g/mol. The molecule has 0 radical (unpaired) electrons. The highest BCUT2D eigenvalue weighted by molar-refractivity contribution is 6.34. The van der Waals surface area contributed by atoms with Gasteiger partial charge >= 0.3 is 0 Å². The van der Waals surface area contributed by atoms with Gasteiger partial charge in [-0.05, 0) is 46.8 Å². The number of nitrogens with zero attached hydrogens (tertiary/aromatic N) is 2. The second-order valence-electron chi connectivity index (χ2n) is 10.5. The van der Waals surface area contributed by atoms with Crippen LogP contribution in [0, 0.1) is 18.8 Å². The zero-order valence-corrected chi connectivity index (χ0v) is 20.8. The van der Waals surface area contributed by atoms with Gasteiger partial charge in [-0.2, -0.15) is 0 Å². The number of rotatable bonds is 4. The van der Waals surface area contributed by atoms with Crippen LogP contribution in [0.15, 0.2) is 47.0 Å². The average molecular weight is 499 g/mol. The van der Waals surface area contributed by atoms with Crippen LogP contribution in [0.1, 0.15) is 33.5 Å². The molecule has 0 unspecified atom stereocenters. The third kappa shape index (κ3) is 3.56. The number of anilines is 2. The first-order valence-corrected chi connectivity index (χ1v) is 11.8. The highest BCUT2D eigenvalue weighted by Gasteiger charge is 2.76. The summed E-state index contributed by atoms with van der Waals surface area (Å²) in [5.41, 5.74) is -2.61. The van der Waals surface area contributed by atoms with Crippen molar-refractivity contribution in [2.24, 2.45) is 11.8 Å². The minimum absolute atomic E-state index is 0.243. The minimum atomic E-state index is -1.35. The van der Waals surface area contributed by atoms with E-state index in [9.17, 15) is 14.4 Å². The third-order valence-corrected chi connectivity index (χ3v) is 7.04. The van der Waals surface area contributed by atoms with Gasteiger partial charge in [0.15, 0.2) is 5.82 Å². The Morgan fingerprint density at radius 1 is 1.17 bits per heavy atom. The van der Waals surface area contributed by atoms with Crippen molar-refractivity contribution in [1.82, 2.24) is 10.5 Å². The van der Waals surface area contributed by atoms with Crippen LogP contribution in [0.5, 0.6) is 0 Å². The van der Waals surface area contributed by atoms with Crippen LogP contribution >= 0.6 is 11.6 Å². The van der Waals surface area contributed by atoms with Crippen LogP contribution in [0.25, 0.3) is 0 Å². The van der Waals surface area contributed by atoms with E-state index in [2.05, 4.69) is 15.8 Å². The molecule has 5 rings (SSSR count). The van der Waals surface area contributed by atoms with Crippen molar-refractivity contribution in [3.8, 4) is 0 Å². The molecule has 3 aliphatic heterocycles. The summed E-state index contributed by atoms with van der Waals surface area (Å²) in [5.74, 6) is -2.32. The van der Waals surface area contributed by atoms with Crippen LogP contribution in [-0.4, -0.2) is 45.7 Å². The van der Waals surface area contributed by atoms with Gasteiger partial charge in [0.2, 0.25) is 17.7 Å². The molecule has 1 aromatic heterocycles. The highest BCUT2D eigenvalue weighted by atomic mass is 35.5. The number of nitrogens with one attached hydrogen (secondary N) is 2. The lowest BCUT2D eigenvalue weighted by atomic mass is 9.70. The number of benzene rings is 1. The third-order valence-electron chi connectivity index (χ3n) is 6.72. The van der Waals surface area contributed by atoms with Gasteiger partial charge in [-0.15, -0.1) is 0 Å². The maximum atomic E-state index is 14.1. The van der Waals surface area contributed by atoms with Crippen molar-refractivity contribution in [2.75, 3.05) is 10.2 Å². The Labute approximate surface area is 207 Å². The van der Waals surface area contributed by atoms with Gasteiger partial charge in [0, 0.05) is 11.6 Å². The summed E-state index contributed by atoms with van der Waals surface area (Å²) in [7, 11) is 0. The van der Waals surface area contributed by atoms with Gasteiger partial charge < -0.3 is 19.9 Å². The molecule has 9 nitrogen and oxygen atoms in total. The van der Waals surface area contributed by atoms with Crippen molar-refractivity contribution < 1.29 is 23.6 Å². The molecular formula is C25H27ClN4O5. The summed E-state index contributed by atoms with van der Waals surface area (Å²) in [4.78, 5) is 42.7. The molecule has 10 heteroatoms. The molecule has 4 heterocycles. The van der Waals surface area contributed by atoms with Gasteiger partial charge in [-0.25, -0.2) is 0 Å². The monoisotopic (exact) mass is 498 g/mol. The normalized spacial score (nSPS) is 31.1. The van der Waals surface area contributed by atoms with E-state index in [0.29, 0.717) is 16.5 Å². The number of amides is 3. The predicted octanol–water partition coefficient (Wildman–Crippen LogP) is 3.23. The maximum Gasteiger partial charge on any atom is 0.246 e. The van der Waals surface area contributed by atoms with Gasteiger partial charge in [-0.3, -0.25) is 19.3 Å². The first kappa shape index (κ1) is 23.6. The summed E-state index contributed by atoms with van der Waals surface area (Å²) in [6.45, 7) is 9.04. The fourth-order valence-corrected chi connectivity index (χ4v) is 5.73. The van der Waals surface area contributed by atoms with Crippen molar-refractivity contribution in [3.05, 3.63) is 53.3 Å². The molecule has 0 saturated carbocycles. The summed E-state index contributed by atoms with van der Waals surface area (Å²) < 4.78 is 11.5. The topological polar surface area (TPSA) is 114 Å². The molecule has 1 aromatic carbocycles. The van der Waals surface area contributed by atoms with E-state index in [1.807, 2.05) is 20.8 Å². The molecule has 0 aliphatic carbocycles. The fraction of sp³-hybridized carbons (Fsp3) is 0.440. The molecule has 184 valence electrons. The lowest BCUT2D eigenvalue weighted by Gasteiger charge is -2.35. The summed E-state index contributed by atoms with van der Waals surface area (Å²) in [5, 5.41) is 9.86. The van der Waals surface area contributed by atoms with Gasteiger partial charge in [0.25, 0.3) is 0 Å². The largest absolute Gasteiger partial charge is 0.360 e. The number of para-hydroxylation sites is 1. The van der Waals surface area contributed by atoms with E-state index in [-0.39, 0.29) is 5.82 Å². The molecule has 3 amide bonds. The Hall–Kier alpha value is -3.17. The number of carbonyl (C=O) groups is 3. The number of carbonyl (C=O) groups excluding carboxylic acids is 3. The number of hydrogen-bond acceptors (Lipinski definition) is 6. The Balaban J connectivity index is 1.61. The van der Waals surface area contributed by atoms with E-state index in [0.717, 1.165) is 0 Å². The first-order valence-electron chi connectivity index (χ1n) is 11.4. The molecule has 2 aromatic rings. The van der Waals surface area contributed by atoms with Crippen LogP contribution < -0.4 is 15.5 Å². The standard InChI is InChI=1S/C25H27ClN4O5/c1-13-12-16(29-34-13)27-20(31)17-18-22(33)30(15-9-7-6-8-14(15)26)19(21(32)28-23(2,3)4)25(18)11-10-24(17,5)35-25/h6-12,17-19H,1-5H3,(H,28,32)(H,27,29,31)/t17-,18+,19-,24+,25-/m1/s1.